The fraction of sp³-hybridized carbons (Fsp3) is 0.364. The van der Waals surface area contributed by atoms with Crippen molar-refractivity contribution in [2.24, 2.45) is 18.7 Å². The molecule has 1 aliphatic rings. The van der Waals surface area contributed by atoms with E-state index < -0.39 is 5.91 Å². The minimum absolute atomic E-state index is 0.0949. The molecule has 3 aromatic rings. The molecule has 0 aliphatic carbocycles. The topological polar surface area (TPSA) is 123 Å². The number of benzene rings is 1. The molecular formula is C22H25N5O4. The summed E-state index contributed by atoms with van der Waals surface area (Å²) in [7, 11) is 1.57. The van der Waals surface area contributed by atoms with Gasteiger partial charge in [-0.05, 0) is 44.0 Å². The maximum atomic E-state index is 12.9. The summed E-state index contributed by atoms with van der Waals surface area (Å²) in [5.74, 6) is -0.416. The average molecular weight is 423 g/mol. The number of anilines is 1. The Balaban J connectivity index is 1.47. The van der Waals surface area contributed by atoms with Gasteiger partial charge in [-0.3, -0.25) is 19.3 Å². The highest BCUT2D eigenvalue weighted by molar-refractivity contribution is 6.12. The summed E-state index contributed by atoms with van der Waals surface area (Å²) in [4.78, 5) is 43.1. The molecule has 1 unspecified atom stereocenters. The Morgan fingerprint density at radius 2 is 2.03 bits per heavy atom. The first-order valence-corrected chi connectivity index (χ1v) is 10.2. The Labute approximate surface area is 178 Å². The summed E-state index contributed by atoms with van der Waals surface area (Å²) in [6.07, 6.45) is 3.16. The van der Waals surface area contributed by atoms with Gasteiger partial charge in [0.05, 0.1) is 11.5 Å². The van der Waals surface area contributed by atoms with E-state index in [1.807, 2.05) is 24.3 Å². The maximum absolute atomic E-state index is 12.9. The summed E-state index contributed by atoms with van der Waals surface area (Å²) < 4.78 is 6.81. The minimum atomic E-state index is -0.422. The SMILES string of the molecule is Cc1oc2ncn(C)c(=O)c2c1C(=O)Nc1ccc(CN2CCCC(C(N)=O)C2)cc1. The van der Waals surface area contributed by atoms with Crippen LogP contribution in [0.1, 0.15) is 34.5 Å². The first-order chi connectivity index (χ1) is 14.8. The molecule has 4 rings (SSSR count). The van der Waals surface area contributed by atoms with Gasteiger partial charge in [-0.1, -0.05) is 12.1 Å². The van der Waals surface area contributed by atoms with E-state index in [2.05, 4.69) is 15.2 Å². The van der Waals surface area contributed by atoms with Crippen LogP contribution in [0, 0.1) is 12.8 Å². The Morgan fingerprint density at radius 3 is 2.74 bits per heavy atom. The van der Waals surface area contributed by atoms with E-state index in [-0.39, 0.29) is 34.0 Å². The number of hydrogen-bond acceptors (Lipinski definition) is 6. The number of piperidine rings is 1. The van der Waals surface area contributed by atoms with Crippen LogP contribution in [0.15, 0.2) is 39.8 Å². The molecule has 1 fully saturated rings. The van der Waals surface area contributed by atoms with Crippen LogP contribution < -0.4 is 16.6 Å². The quantitative estimate of drug-likeness (QED) is 0.645. The van der Waals surface area contributed by atoms with Gasteiger partial charge in [0.1, 0.15) is 17.5 Å². The molecule has 3 N–H and O–H groups in total. The Bertz CT molecular complexity index is 1200. The lowest BCUT2D eigenvalue weighted by atomic mass is 9.97. The molecule has 162 valence electrons. The van der Waals surface area contributed by atoms with Gasteiger partial charge in [-0.15, -0.1) is 0 Å². The summed E-state index contributed by atoms with van der Waals surface area (Å²) >= 11 is 0. The number of likely N-dealkylation sites (tertiary alicyclic amines) is 1. The van der Waals surface area contributed by atoms with E-state index in [4.69, 9.17) is 10.2 Å². The van der Waals surface area contributed by atoms with E-state index >= 15 is 0 Å². The highest BCUT2D eigenvalue weighted by atomic mass is 16.3. The maximum Gasteiger partial charge on any atom is 0.265 e. The second kappa shape index (κ2) is 8.35. The molecule has 1 atom stereocenters. The summed E-state index contributed by atoms with van der Waals surface area (Å²) in [5.41, 5.74) is 7.15. The normalized spacial score (nSPS) is 17.0. The van der Waals surface area contributed by atoms with Crippen LogP contribution in [-0.2, 0) is 18.4 Å². The molecule has 1 aromatic carbocycles. The molecule has 0 saturated carbocycles. The van der Waals surface area contributed by atoms with Crippen LogP contribution in [0.4, 0.5) is 5.69 Å². The van der Waals surface area contributed by atoms with Gasteiger partial charge in [0, 0.05) is 25.8 Å². The lowest BCUT2D eigenvalue weighted by Gasteiger charge is -2.31. The molecule has 2 aromatic heterocycles. The summed E-state index contributed by atoms with van der Waals surface area (Å²) in [6, 6.07) is 7.50. The molecule has 9 nitrogen and oxygen atoms in total. The zero-order valence-corrected chi connectivity index (χ0v) is 17.6. The predicted octanol–water partition coefficient (Wildman–Crippen LogP) is 1.78. The Kier molecular flexibility index (Phi) is 5.60. The first-order valence-electron chi connectivity index (χ1n) is 10.2. The van der Waals surface area contributed by atoms with E-state index in [1.54, 1.807) is 14.0 Å². The number of rotatable bonds is 5. The van der Waals surface area contributed by atoms with Crippen LogP contribution in [0.5, 0.6) is 0 Å². The number of carbonyl (C=O) groups excluding carboxylic acids is 2. The Morgan fingerprint density at radius 1 is 1.29 bits per heavy atom. The first kappa shape index (κ1) is 20.8. The van der Waals surface area contributed by atoms with E-state index in [9.17, 15) is 14.4 Å². The van der Waals surface area contributed by atoms with Gasteiger partial charge in [0.2, 0.25) is 11.6 Å². The van der Waals surface area contributed by atoms with Gasteiger partial charge in [0.15, 0.2) is 0 Å². The molecule has 1 saturated heterocycles. The van der Waals surface area contributed by atoms with Crippen LogP contribution >= 0.6 is 0 Å². The molecular weight excluding hydrogens is 398 g/mol. The molecule has 2 amide bonds. The lowest BCUT2D eigenvalue weighted by Crippen LogP contribution is -2.40. The smallest absolute Gasteiger partial charge is 0.265 e. The van der Waals surface area contributed by atoms with Gasteiger partial charge >= 0.3 is 0 Å². The zero-order valence-electron chi connectivity index (χ0n) is 17.6. The number of amides is 2. The van der Waals surface area contributed by atoms with Crippen molar-refractivity contribution in [3.8, 4) is 0 Å². The highest BCUT2D eigenvalue weighted by Gasteiger charge is 2.24. The number of fused-ring (bicyclic) bond motifs is 1. The fourth-order valence-corrected chi connectivity index (χ4v) is 4.04. The second-order valence-electron chi connectivity index (χ2n) is 8.00. The third kappa shape index (κ3) is 4.22. The summed E-state index contributed by atoms with van der Waals surface area (Å²) in [5, 5.41) is 3.00. The van der Waals surface area contributed by atoms with Crippen molar-refractivity contribution in [2.75, 3.05) is 18.4 Å². The number of hydrogen-bond donors (Lipinski definition) is 2. The number of aromatic nitrogens is 2. The lowest BCUT2D eigenvalue weighted by molar-refractivity contribution is -0.123. The number of carbonyl (C=O) groups is 2. The third-order valence-electron chi connectivity index (χ3n) is 5.70. The number of nitrogens with zero attached hydrogens (tertiary/aromatic N) is 3. The van der Waals surface area contributed by atoms with E-state index in [1.165, 1.54) is 10.9 Å². The van der Waals surface area contributed by atoms with Crippen molar-refractivity contribution in [3.63, 3.8) is 0 Å². The molecule has 1 aliphatic heterocycles. The fourth-order valence-electron chi connectivity index (χ4n) is 4.04. The predicted molar refractivity (Wildman–Crippen MR) is 116 cm³/mol. The number of nitrogens with two attached hydrogens (primary N) is 1. The van der Waals surface area contributed by atoms with Crippen LogP contribution in [0.3, 0.4) is 0 Å². The van der Waals surface area contributed by atoms with Crippen LogP contribution in [0.2, 0.25) is 0 Å². The number of nitrogens with one attached hydrogen (secondary N) is 1. The van der Waals surface area contributed by atoms with Crippen molar-refractivity contribution in [1.29, 1.82) is 0 Å². The van der Waals surface area contributed by atoms with Crippen molar-refractivity contribution in [2.45, 2.75) is 26.3 Å². The zero-order chi connectivity index (χ0) is 22.1. The van der Waals surface area contributed by atoms with Crippen molar-refractivity contribution in [3.05, 3.63) is 57.8 Å². The van der Waals surface area contributed by atoms with Gasteiger partial charge in [0.25, 0.3) is 11.5 Å². The largest absolute Gasteiger partial charge is 0.442 e. The monoisotopic (exact) mass is 423 g/mol. The summed E-state index contributed by atoms with van der Waals surface area (Å²) in [6.45, 7) is 3.95. The third-order valence-corrected chi connectivity index (χ3v) is 5.70. The van der Waals surface area contributed by atoms with Gasteiger partial charge in [-0.25, -0.2) is 4.98 Å². The molecule has 0 bridgehead atoms. The Hall–Kier alpha value is -3.46. The number of primary amides is 1. The van der Waals surface area contributed by atoms with Gasteiger partial charge in [-0.2, -0.15) is 0 Å². The second-order valence-corrected chi connectivity index (χ2v) is 8.00. The highest BCUT2D eigenvalue weighted by Crippen LogP contribution is 2.23. The van der Waals surface area contributed by atoms with Crippen molar-refractivity contribution >= 4 is 28.6 Å². The van der Waals surface area contributed by atoms with Crippen molar-refractivity contribution in [1.82, 2.24) is 14.5 Å². The minimum Gasteiger partial charge on any atom is -0.442 e. The van der Waals surface area contributed by atoms with Gasteiger partial charge < -0.3 is 20.0 Å². The van der Waals surface area contributed by atoms with Crippen LogP contribution in [-0.4, -0.2) is 39.4 Å². The van der Waals surface area contributed by atoms with E-state index in [0.717, 1.165) is 24.9 Å². The molecule has 31 heavy (non-hydrogen) atoms. The number of furan rings is 1. The molecule has 0 radical (unpaired) electrons. The standard InChI is InChI=1S/C22H25N5O4/c1-13-17(18-21(31-13)24-12-26(2)22(18)30)20(29)25-16-7-5-14(6-8-16)10-27-9-3-4-15(11-27)19(23)28/h5-8,12,15H,3-4,9-11H2,1-2H3,(H2,23,28)(H,25,29). The molecule has 0 spiro atoms. The van der Waals surface area contributed by atoms with Crippen molar-refractivity contribution < 1.29 is 14.0 Å². The molecule has 9 heteroatoms. The average Bonchev–Trinajstić information content (AvgIpc) is 3.09. The number of aryl methyl sites for hydroxylation is 2. The van der Waals surface area contributed by atoms with Crippen LogP contribution in [0.25, 0.3) is 11.1 Å². The van der Waals surface area contributed by atoms with E-state index in [0.29, 0.717) is 24.5 Å². The molecule has 3 heterocycles.